The third kappa shape index (κ3) is 11.7. The average Bonchev–Trinajstić information content (AvgIpc) is 4.22. The van der Waals surface area contributed by atoms with E-state index < -0.39 is 32.1 Å². The fourth-order valence-electron chi connectivity index (χ4n) is 11.4. The Kier molecular flexibility index (Phi) is 14.9. The first-order valence-corrected chi connectivity index (χ1v) is 28.5. The Hall–Kier alpha value is -7.03. The predicted molar refractivity (Wildman–Crippen MR) is 279 cm³/mol. The van der Waals surface area contributed by atoms with E-state index in [9.17, 15) is 36.0 Å². The van der Waals surface area contributed by atoms with Gasteiger partial charge in [-0.15, -0.1) is 0 Å². The van der Waals surface area contributed by atoms with Gasteiger partial charge in [0.05, 0.1) is 21.7 Å². The smallest absolute Gasteiger partial charge is 0.333 e. The molecule has 5 aliphatic rings. The summed E-state index contributed by atoms with van der Waals surface area (Å²) in [6.45, 7) is 1.28. The zero-order valence-electron chi connectivity index (χ0n) is 41.0. The number of hydrogen-bond acceptors (Lipinski definition) is 10. The Morgan fingerprint density at radius 1 is 0.554 bits per heavy atom. The van der Waals surface area contributed by atoms with Crippen molar-refractivity contribution >= 4 is 61.2 Å². The number of rotatable bonds is 15. The van der Waals surface area contributed by atoms with Gasteiger partial charge in [0.25, 0.3) is 20.0 Å². The van der Waals surface area contributed by atoms with Gasteiger partial charge in [0.2, 0.25) is 0 Å². The summed E-state index contributed by atoms with van der Waals surface area (Å²) < 4.78 is 64.1. The summed E-state index contributed by atoms with van der Waals surface area (Å²) >= 11 is 0. The molecule has 4 aromatic carbocycles. The molecule has 0 bridgehead atoms. The number of nitrogens with zero attached hydrogens (tertiary/aromatic N) is 1. The molecule has 1 aliphatic heterocycles. The SMILES string of the molecule is O=C(NCCc1ccc(S(=O)(=O)NC(=O)Nc2c3c(cc4c2CC(C2Cc5cc6c(c(NC(=O)NS(=O)(=O)c7ccc(CCNC(=O)NC8CCCCO8)cc7)c5C2)CCC6)C4)CCC3)cc1)Nc1cccnc1. The Balaban J connectivity index is 0.750. The van der Waals surface area contributed by atoms with Crippen LogP contribution in [0.5, 0.6) is 0 Å². The van der Waals surface area contributed by atoms with Gasteiger partial charge in [0.1, 0.15) is 6.23 Å². The Labute approximate surface area is 431 Å². The number of anilines is 3. The molecule has 0 radical (unpaired) electrons. The number of hydrogen-bond donors (Lipinski definition) is 8. The number of sulfonamides is 2. The third-order valence-corrected chi connectivity index (χ3v) is 17.6. The second-order valence-electron chi connectivity index (χ2n) is 19.9. The van der Waals surface area contributed by atoms with Gasteiger partial charge in [-0.3, -0.25) is 4.98 Å². The maximum absolute atomic E-state index is 13.7. The maximum atomic E-state index is 13.7. The zero-order valence-corrected chi connectivity index (χ0v) is 42.6. The van der Waals surface area contributed by atoms with E-state index in [1.165, 1.54) is 30.5 Å². The van der Waals surface area contributed by atoms with Gasteiger partial charge in [-0.25, -0.2) is 45.5 Å². The van der Waals surface area contributed by atoms with Gasteiger partial charge in [-0.2, -0.15) is 0 Å². The van der Waals surface area contributed by atoms with Crippen LogP contribution in [0.3, 0.4) is 0 Å². The van der Waals surface area contributed by atoms with Gasteiger partial charge < -0.3 is 36.6 Å². The number of amides is 8. The van der Waals surface area contributed by atoms with Gasteiger partial charge >= 0.3 is 24.1 Å². The topological polar surface area (TPSA) is 255 Å². The highest BCUT2D eigenvalue weighted by Crippen LogP contribution is 2.47. The van der Waals surface area contributed by atoms with Crippen molar-refractivity contribution in [1.82, 2.24) is 30.4 Å². The molecular weight excluding hydrogens is 983 g/mol. The number of carbonyl (C=O) groups excluding carboxylic acids is 4. The molecular formula is C54H61N9O9S2. The first-order valence-electron chi connectivity index (χ1n) is 25.5. The molecule has 8 amide bonds. The fourth-order valence-corrected chi connectivity index (χ4v) is 13.2. The van der Waals surface area contributed by atoms with Crippen LogP contribution in [0, 0.1) is 11.8 Å². The molecule has 74 heavy (non-hydrogen) atoms. The van der Waals surface area contributed by atoms with E-state index in [4.69, 9.17) is 4.74 Å². The minimum absolute atomic E-state index is 0.0577. The monoisotopic (exact) mass is 1040 g/mol. The summed E-state index contributed by atoms with van der Waals surface area (Å²) in [5, 5.41) is 17.1. The number of ether oxygens (including phenoxy) is 1. The zero-order chi connectivity index (χ0) is 51.4. The molecule has 1 fully saturated rings. The number of nitrogens with one attached hydrogen (secondary N) is 8. The van der Waals surface area contributed by atoms with E-state index in [2.05, 4.69) is 58.5 Å². The van der Waals surface area contributed by atoms with E-state index in [1.54, 1.807) is 42.6 Å². The molecule has 10 rings (SSSR count). The first kappa shape index (κ1) is 50.5. The van der Waals surface area contributed by atoms with Crippen molar-refractivity contribution in [1.29, 1.82) is 0 Å². The van der Waals surface area contributed by atoms with Crippen LogP contribution in [0.2, 0.25) is 0 Å². The van der Waals surface area contributed by atoms with Gasteiger partial charge in [-0.05, 0) is 200 Å². The Bertz CT molecular complexity index is 3190. The molecule has 1 aromatic heterocycles. The number of aromatic nitrogens is 1. The fraction of sp³-hybridized carbons (Fsp3) is 0.389. The second kappa shape index (κ2) is 21.8. The minimum atomic E-state index is -4.23. The minimum Gasteiger partial charge on any atom is -0.358 e. The van der Waals surface area contributed by atoms with Crippen molar-refractivity contribution in [3.8, 4) is 0 Å². The molecule has 18 nitrogen and oxygen atoms in total. The van der Waals surface area contributed by atoms with Crippen molar-refractivity contribution in [2.75, 3.05) is 35.6 Å². The quantitative estimate of drug-likeness (QED) is 0.0536. The summed E-state index contributed by atoms with van der Waals surface area (Å²) in [6.07, 6.45) is 14.6. The lowest BCUT2D eigenvalue weighted by atomic mass is 9.87. The van der Waals surface area contributed by atoms with Crippen molar-refractivity contribution in [3.63, 3.8) is 0 Å². The average molecular weight is 1040 g/mol. The highest BCUT2D eigenvalue weighted by molar-refractivity contribution is 7.90. The van der Waals surface area contributed by atoms with E-state index in [0.717, 1.165) is 126 Å². The molecule has 20 heteroatoms. The molecule has 1 saturated heterocycles. The lowest BCUT2D eigenvalue weighted by Gasteiger charge is -2.23. The normalized spacial score (nSPS) is 18.5. The predicted octanol–water partition coefficient (Wildman–Crippen LogP) is 6.94. The molecule has 0 spiro atoms. The number of benzene rings is 4. The number of pyridine rings is 1. The summed E-state index contributed by atoms with van der Waals surface area (Å²) in [5.41, 5.74) is 12.3. The lowest BCUT2D eigenvalue weighted by molar-refractivity contribution is 0.00236. The van der Waals surface area contributed by atoms with Crippen LogP contribution in [-0.4, -0.2) is 71.9 Å². The molecule has 3 unspecified atom stereocenters. The van der Waals surface area contributed by atoms with Crippen LogP contribution in [0.15, 0.2) is 95.0 Å². The van der Waals surface area contributed by atoms with Crippen molar-refractivity contribution in [2.45, 2.75) is 112 Å². The van der Waals surface area contributed by atoms with Crippen LogP contribution < -0.4 is 41.3 Å². The van der Waals surface area contributed by atoms with Gasteiger partial charge in [-0.1, -0.05) is 36.4 Å². The summed E-state index contributed by atoms with van der Waals surface area (Å²) in [5.74, 6) is 0.418. The Morgan fingerprint density at radius 2 is 1.08 bits per heavy atom. The molecule has 2 heterocycles. The van der Waals surface area contributed by atoms with E-state index in [0.29, 0.717) is 62.4 Å². The van der Waals surface area contributed by atoms with Gasteiger partial charge in [0.15, 0.2) is 0 Å². The molecule has 388 valence electrons. The van der Waals surface area contributed by atoms with Crippen LogP contribution in [-0.2, 0) is 89.0 Å². The van der Waals surface area contributed by atoms with Gasteiger partial charge in [0, 0.05) is 37.3 Å². The van der Waals surface area contributed by atoms with Crippen LogP contribution in [0.1, 0.15) is 87.7 Å². The molecule has 4 aliphatic carbocycles. The highest BCUT2D eigenvalue weighted by atomic mass is 32.2. The molecule has 5 aromatic rings. The standard InChI is InChI=1S/C54H61N9O9S2/c64-51(58-41-8-5-22-55-32-41)56-23-20-33-12-16-42(17-13-33)73(68,69)62-53(66)60-49-44-9-3-6-35(44)26-39-28-37(30-46(39)49)38-29-40-27-36-7-4-10-45(36)50(47(40)31-38)61-54(67)63-74(70,71)43-18-14-34(15-19-43)21-24-57-52(65)59-48-11-1-2-25-72-48/h5,8,12-19,22,26-27,32,37-38,48H,1-4,6-7,9-11,20-21,23-25,28-31H2,(H2,56,58,64)(H2,57,59,65)(H2,60,62,66)(H2,61,63,67). The molecule has 8 N–H and O–H groups in total. The van der Waals surface area contributed by atoms with Crippen LogP contribution in [0.4, 0.5) is 36.2 Å². The maximum Gasteiger partial charge on any atom is 0.333 e. The van der Waals surface area contributed by atoms with Crippen LogP contribution in [0.25, 0.3) is 0 Å². The van der Waals surface area contributed by atoms with Crippen molar-refractivity contribution in [2.24, 2.45) is 11.8 Å². The largest absolute Gasteiger partial charge is 0.358 e. The molecule has 3 atom stereocenters. The summed E-state index contributed by atoms with van der Waals surface area (Å²) in [6, 6.07) is 18.0. The third-order valence-electron chi connectivity index (χ3n) is 15.0. The van der Waals surface area contributed by atoms with E-state index in [1.807, 2.05) is 0 Å². The summed E-state index contributed by atoms with van der Waals surface area (Å²) in [4.78, 5) is 55.7. The van der Waals surface area contributed by atoms with Crippen molar-refractivity contribution in [3.05, 3.63) is 141 Å². The molecule has 0 saturated carbocycles. The van der Waals surface area contributed by atoms with E-state index >= 15 is 0 Å². The first-order chi connectivity index (χ1) is 35.7. The Morgan fingerprint density at radius 3 is 1.57 bits per heavy atom. The second-order valence-corrected chi connectivity index (χ2v) is 23.2. The van der Waals surface area contributed by atoms with Crippen LogP contribution >= 0.6 is 0 Å². The summed E-state index contributed by atoms with van der Waals surface area (Å²) in [7, 11) is -8.45. The van der Waals surface area contributed by atoms with Crippen molar-refractivity contribution < 1.29 is 40.8 Å². The number of carbonyl (C=O) groups is 4. The van der Waals surface area contributed by atoms with E-state index in [-0.39, 0.29) is 39.9 Å². The highest BCUT2D eigenvalue weighted by Gasteiger charge is 2.39. The number of fused-ring (bicyclic) bond motifs is 4. The number of aryl methyl sites for hydroxylation is 2. The lowest BCUT2D eigenvalue weighted by Crippen LogP contribution is -2.45. The number of urea groups is 4.